The van der Waals surface area contributed by atoms with Gasteiger partial charge in [0.1, 0.15) is 13.1 Å². The molecule has 0 spiro atoms. The number of hydrogen-bond acceptors (Lipinski definition) is 9. The maximum Gasteiger partial charge on any atom is 0.367 e. The van der Waals surface area contributed by atoms with E-state index in [4.69, 9.17) is 9.47 Å². The van der Waals surface area contributed by atoms with Crippen molar-refractivity contribution in [3.05, 3.63) is 22.6 Å². The highest BCUT2D eigenvalue weighted by atomic mass is 32.1. The van der Waals surface area contributed by atoms with Crippen LogP contribution in [0.3, 0.4) is 0 Å². The molecule has 1 aromatic rings. The molecule has 11 heteroatoms. The lowest BCUT2D eigenvalue weighted by molar-refractivity contribution is -0.142. The van der Waals surface area contributed by atoms with Crippen molar-refractivity contribution in [3.8, 4) is 0 Å². The van der Waals surface area contributed by atoms with Crippen LogP contribution >= 0.6 is 11.3 Å². The van der Waals surface area contributed by atoms with Gasteiger partial charge < -0.3 is 19.2 Å². The molecule has 0 aromatic carbocycles. The first kappa shape index (κ1) is 21.5. The van der Waals surface area contributed by atoms with E-state index in [0.29, 0.717) is 9.88 Å². The second-order valence-electron chi connectivity index (χ2n) is 5.36. The van der Waals surface area contributed by atoms with Gasteiger partial charge in [-0.15, -0.1) is 11.3 Å². The van der Waals surface area contributed by atoms with Gasteiger partial charge in [0.25, 0.3) is 6.43 Å². The van der Waals surface area contributed by atoms with Gasteiger partial charge in [-0.3, -0.25) is 9.59 Å². The third kappa shape index (κ3) is 5.59. The molecule has 0 unspecified atom stereocenters. The van der Waals surface area contributed by atoms with Gasteiger partial charge in [-0.2, -0.15) is 0 Å². The Hall–Kier alpha value is -2.82. The van der Waals surface area contributed by atoms with Crippen molar-refractivity contribution in [2.45, 2.75) is 20.3 Å². The summed E-state index contributed by atoms with van der Waals surface area (Å²) in [7, 11) is 0. The van der Waals surface area contributed by atoms with E-state index in [1.54, 1.807) is 26.0 Å². The highest BCUT2D eigenvalue weighted by Gasteiger charge is 2.32. The fraction of sp³-hybridized carbons (Fsp3) is 0.412. The minimum atomic E-state index is -2.96. The number of thiophene rings is 1. The minimum absolute atomic E-state index is 0.186. The van der Waals surface area contributed by atoms with Gasteiger partial charge in [-0.1, -0.05) is 5.16 Å². The maximum atomic E-state index is 12.9. The summed E-state index contributed by atoms with van der Waals surface area (Å²) in [5, 5.41) is 3.57. The molecule has 8 nitrogen and oxygen atoms in total. The first-order chi connectivity index (χ1) is 13.3. The van der Waals surface area contributed by atoms with Crippen LogP contribution < -0.4 is 4.90 Å². The molecule has 1 aromatic heterocycles. The molecule has 0 amide bonds. The van der Waals surface area contributed by atoms with Gasteiger partial charge in [0.15, 0.2) is 5.71 Å². The summed E-state index contributed by atoms with van der Waals surface area (Å²) in [5.41, 5.74) is -1.08. The molecule has 0 saturated carbocycles. The van der Waals surface area contributed by atoms with Gasteiger partial charge in [0.2, 0.25) is 0 Å². The van der Waals surface area contributed by atoms with Crippen molar-refractivity contribution in [2.24, 2.45) is 5.16 Å². The second-order valence-corrected chi connectivity index (χ2v) is 6.45. The van der Waals surface area contributed by atoms with Crippen LogP contribution in [0, 0.1) is 0 Å². The van der Waals surface area contributed by atoms with Gasteiger partial charge >= 0.3 is 17.9 Å². The molecule has 2 heterocycles. The number of ether oxygens (including phenoxy) is 2. The molecule has 0 radical (unpaired) electrons. The third-order valence-corrected chi connectivity index (χ3v) is 4.48. The number of alkyl halides is 2. The first-order valence-electron chi connectivity index (χ1n) is 8.31. The minimum Gasteiger partial charge on any atom is -0.465 e. The lowest BCUT2D eigenvalue weighted by Crippen LogP contribution is -2.35. The van der Waals surface area contributed by atoms with Crippen molar-refractivity contribution in [1.82, 2.24) is 0 Å². The first-order valence-corrected chi connectivity index (χ1v) is 9.12. The molecule has 28 heavy (non-hydrogen) atoms. The number of oxime groups is 1. The zero-order chi connectivity index (χ0) is 20.7. The molecule has 0 saturated heterocycles. The van der Waals surface area contributed by atoms with Crippen LogP contribution in [0.15, 0.2) is 22.9 Å². The summed E-state index contributed by atoms with van der Waals surface area (Å²) in [6.45, 7) is 3.29. The van der Waals surface area contributed by atoms with E-state index in [0.717, 1.165) is 11.3 Å². The molecular weight excluding hydrogens is 398 g/mol. The van der Waals surface area contributed by atoms with E-state index < -0.39 is 30.0 Å². The largest absolute Gasteiger partial charge is 0.465 e. The standard InChI is InChI=1S/C17H18F2N2O6S/c1-3-25-13(22)8-21(9-14(23)26-4-2)12-6-5-10(28-12)7-11-15(16(18)19)20-27-17(11)24/h5-7,16H,3-4,8-9H2,1-2H3. The molecule has 0 bridgehead atoms. The monoisotopic (exact) mass is 416 g/mol. The number of hydrogen-bond donors (Lipinski definition) is 0. The van der Waals surface area contributed by atoms with Gasteiger partial charge in [-0.25, -0.2) is 13.6 Å². The summed E-state index contributed by atoms with van der Waals surface area (Å²) in [6, 6.07) is 3.15. The van der Waals surface area contributed by atoms with Crippen molar-refractivity contribution in [3.63, 3.8) is 0 Å². The lowest BCUT2D eigenvalue weighted by atomic mass is 10.1. The van der Waals surface area contributed by atoms with E-state index in [-0.39, 0.29) is 31.9 Å². The van der Waals surface area contributed by atoms with E-state index in [2.05, 4.69) is 9.99 Å². The molecule has 0 fully saturated rings. The Kier molecular flexibility index (Phi) is 7.61. The quantitative estimate of drug-likeness (QED) is 0.346. The Balaban J connectivity index is 2.23. The summed E-state index contributed by atoms with van der Waals surface area (Å²) >= 11 is 1.09. The molecule has 152 valence electrons. The van der Waals surface area contributed by atoms with E-state index >= 15 is 0 Å². The molecule has 0 N–H and O–H groups in total. The average Bonchev–Trinajstić information content (AvgIpc) is 3.23. The van der Waals surface area contributed by atoms with Gasteiger partial charge in [-0.05, 0) is 32.1 Å². The Morgan fingerprint density at radius 2 is 1.82 bits per heavy atom. The summed E-state index contributed by atoms with van der Waals surface area (Å²) in [4.78, 5) is 41.4. The number of carbonyl (C=O) groups is 3. The number of halogens is 2. The van der Waals surface area contributed by atoms with Crippen molar-refractivity contribution in [2.75, 3.05) is 31.2 Å². The van der Waals surface area contributed by atoms with Crippen LogP contribution in [0.2, 0.25) is 0 Å². The van der Waals surface area contributed by atoms with Crippen molar-refractivity contribution in [1.29, 1.82) is 0 Å². The Labute approximate surface area is 163 Å². The number of rotatable bonds is 9. The predicted molar refractivity (Wildman–Crippen MR) is 97.3 cm³/mol. The van der Waals surface area contributed by atoms with Crippen molar-refractivity contribution < 1.29 is 37.5 Å². The highest BCUT2D eigenvalue weighted by Crippen LogP contribution is 2.29. The smallest absolute Gasteiger partial charge is 0.367 e. The number of esters is 2. The van der Waals surface area contributed by atoms with Crippen LogP contribution in [-0.4, -0.2) is 56.3 Å². The topological polar surface area (TPSA) is 94.5 Å². The molecule has 1 aliphatic heterocycles. The second kappa shape index (κ2) is 9.93. The zero-order valence-electron chi connectivity index (χ0n) is 15.1. The normalized spacial score (nSPS) is 14.8. The Morgan fingerprint density at radius 3 is 2.36 bits per heavy atom. The molecule has 1 aliphatic rings. The SMILES string of the molecule is CCOC(=O)CN(CC(=O)OCC)c1ccc(C=C2C(=O)ON=C2C(F)F)s1. The summed E-state index contributed by atoms with van der Waals surface area (Å²) < 4.78 is 35.6. The van der Waals surface area contributed by atoms with E-state index in [1.165, 1.54) is 11.0 Å². The average molecular weight is 416 g/mol. The summed E-state index contributed by atoms with van der Waals surface area (Å²) in [6.07, 6.45) is -1.73. The van der Waals surface area contributed by atoms with Crippen LogP contribution in [0.5, 0.6) is 0 Å². The molecular formula is C17H18F2N2O6S. The fourth-order valence-corrected chi connectivity index (χ4v) is 3.20. The highest BCUT2D eigenvalue weighted by molar-refractivity contribution is 7.17. The maximum absolute atomic E-state index is 12.9. The van der Waals surface area contributed by atoms with Crippen molar-refractivity contribution >= 4 is 46.0 Å². The Bertz CT molecular complexity index is 785. The summed E-state index contributed by atoms with van der Waals surface area (Å²) in [5.74, 6) is -2.04. The Morgan fingerprint density at radius 1 is 1.21 bits per heavy atom. The lowest BCUT2D eigenvalue weighted by Gasteiger charge is -2.20. The number of nitrogens with zero attached hydrogens (tertiary/aromatic N) is 2. The van der Waals surface area contributed by atoms with E-state index in [1.807, 2.05) is 0 Å². The van der Waals surface area contributed by atoms with Crippen LogP contribution in [-0.2, 0) is 28.7 Å². The van der Waals surface area contributed by atoms with Crippen LogP contribution in [0.25, 0.3) is 6.08 Å². The zero-order valence-corrected chi connectivity index (χ0v) is 16.0. The van der Waals surface area contributed by atoms with Gasteiger partial charge in [0.05, 0.1) is 23.8 Å². The van der Waals surface area contributed by atoms with E-state index in [9.17, 15) is 23.2 Å². The predicted octanol–water partition coefficient (Wildman–Crippen LogP) is 2.24. The fourth-order valence-electron chi connectivity index (χ4n) is 2.25. The van der Waals surface area contributed by atoms with Gasteiger partial charge in [0, 0.05) is 4.88 Å². The molecule has 2 rings (SSSR count). The van der Waals surface area contributed by atoms with Crippen LogP contribution in [0.1, 0.15) is 18.7 Å². The van der Waals surface area contributed by atoms with Crippen LogP contribution in [0.4, 0.5) is 13.8 Å². The number of anilines is 1. The number of carbonyl (C=O) groups excluding carboxylic acids is 3. The molecule has 0 atom stereocenters. The third-order valence-electron chi connectivity index (χ3n) is 3.39. The molecule has 0 aliphatic carbocycles.